The fourth-order valence-electron chi connectivity index (χ4n) is 1.69. The minimum absolute atomic E-state index is 0.244. The predicted octanol–water partition coefficient (Wildman–Crippen LogP) is 2.18. The molecule has 0 radical (unpaired) electrons. The summed E-state index contributed by atoms with van der Waals surface area (Å²) in [6.45, 7) is -4.74. The van der Waals surface area contributed by atoms with E-state index in [0.717, 1.165) is 16.3 Å². The summed E-state index contributed by atoms with van der Waals surface area (Å²) < 4.78 is 38.8. The van der Waals surface area contributed by atoms with Crippen LogP contribution in [0.4, 0.5) is 12.9 Å². The molecule has 90 valence electrons. The van der Waals surface area contributed by atoms with E-state index in [0.29, 0.717) is 6.42 Å². The molecule has 0 unspecified atom stereocenters. The molecule has 17 heavy (non-hydrogen) atoms. The summed E-state index contributed by atoms with van der Waals surface area (Å²) in [5, 5.41) is 3.71. The van der Waals surface area contributed by atoms with Crippen molar-refractivity contribution in [2.45, 2.75) is 13.0 Å². The fourth-order valence-corrected chi connectivity index (χ4v) is 1.69. The highest BCUT2D eigenvalue weighted by atomic mass is 19.4. The lowest BCUT2D eigenvalue weighted by molar-refractivity contribution is 0.486. The molecule has 0 N–H and O–H groups in total. The average molecular weight is 239 g/mol. The summed E-state index contributed by atoms with van der Waals surface area (Å²) >= 11 is 0. The van der Waals surface area contributed by atoms with Crippen LogP contribution < -0.4 is 5.59 Å². The van der Waals surface area contributed by atoms with E-state index in [1.54, 1.807) is 0 Å². The highest BCUT2D eigenvalue weighted by molar-refractivity contribution is 6.72. The topological polar surface area (TPSA) is 17.8 Å². The molecule has 0 aliphatic rings. The van der Waals surface area contributed by atoms with Gasteiger partial charge in [0.05, 0.1) is 0 Å². The highest BCUT2D eigenvalue weighted by Crippen LogP contribution is 2.09. The SMILES string of the molecule is F[B-](F)(F)c1ccnn1CCc1ccccc1. The van der Waals surface area contributed by atoms with Gasteiger partial charge in [0, 0.05) is 12.7 Å². The van der Waals surface area contributed by atoms with Crippen molar-refractivity contribution in [2.75, 3.05) is 0 Å². The van der Waals surface area contributed by atoms with Crippen LogP contribution in [0.15, 0.2) is 42.6 Å². The van der Waals surface area contributed by atoms with E-state index in [1.807, 2.05) is 30.3 Å². The van der Waals surface area contributed by atoms with Gasteiger partial charge in [0.15, 0.2) is 0 Å². The molecule has 6 heteroatoms. The molecule has 0 aliphatic heterocycles. The molecule has 0 atom stereocenters. The minimum atomic E-state index is -4.98. The Morgan fingerprint density at radius 3 is 2.41 bits per heavy atom. The van der Waals surface area contributed by atoms with Gasteiger partial charge in [-0.2, -0.15) is 5.10 Å². The van der Waals surface area contributed by atoms with Crippen molar-refractivity contribution in [1.29, 1.82) is 0 Å². The van der Waals surface area contributed by atoms with Gasteiger partial charge in [0.25, 0.3) is 0 Å². The maximum atomic E-state index is 12.6. The largest absolute Gasteiger partial charge is 0.527 e. The molecule has 1 heterocycles. The molecule has 1 aromatic heterocycles. The Balaban J connectivity index is 2.08. The zero-order chi connectivity index (χ0) is 12.3. The summed E-state index contributed by atoms with van der Waals surface area (Å²) in [4.78, 5) is 0. The molecular weight excluding hydrogens is 228 g/mol. The van der Waals surface area contributed by atoms with Gasteiger partial charge in [-0.25, -0.2) is 0 Å². The van der Waals surface area contributed by atoms with Crippen LogP contribution in [0.5, 0.6) is 0 Å². The van der Waals surface area contributed by atoms with Crippen molar-refractivity contribution in [3.63, 3.8) is 0 Å². The molecule has 2 rings (SSSR count). The van der Waals surface area contributed by atoms with Gasteiger partial charge >= 0.3 is 6.98 Å². The Hall–Kier alpha value is -1.72. The van der Waals surface area contributed by atoms with Crippen LogP contribution >= 0.6 is 0 Å². The van der Waals surface area contributed by atoms with Crippen LogP contribution in [0.2, 0.25) is 0 Å². The highest BCUT2D eigenvalue weighted by Gasteiger charge is 2.29. The van der Waals surface area contributed by atoms with Crippen molar-refractivity contribution in [3.8, 4) is 0 Å². The van der Waals surface area contributed by atoms with E-state index in [1.165, 1.54) is 6.20 Å². The Morgan fingerprint density at radius 2 is 1.76 bits per heavy atom. The Kier molecular flexibility index (Phi) is 3.22. The molecule has 2 aromatic rings. The molecule has 2 nitrogen and oxygen atoms in total. The van der Waals surface area contributed by atoms with E-state index in [4.69, 9.17) is 0 Å². The Labute approximate surface area is 97.1 Å². The molecule has 0 spiro atoms. The van der Waals surface area contributed by atoms with E-state index in [-0.39, 0.29) is 6.54 Å². The standard InChI is InChI=1S/C11H11BF3N2/c13-12(14,15)11-6-8-16-17(11)9-7-10-4-2-1-3-5-10/h1-6,8H,7,9H2/q-1. The molecule has 0 fully saturated rings. The lowest BCUT2D eigenvalue weighted by Gasteiger charge is -2.16. The van der Waals surface area contributed by atoms with Crippen LogP contribution in [-0.2, 0) is 13.0 Å². The number of halogens is 3. The van der Waals surface area contributed by atoms with Crippen LogP contribution in [0.3, 0.4) is 0 Å². The van der Waals surface area contributed by atoms with E-state index in [2.05, 4.69) is 5.10 Å². The second kappa shape index (κ2) is 4.65. The smallest absolute Gasteiger partial charge is 0.444 e. The zero-order valence-corrected chi connectivity index (χ0v) is 9.06. The van der Waals surface area contributed by atoms with Crippen LogP contribution in [0.1, 0.15) is 5.56 Å². The van der Waals surface area contributed by atoms with Crippen molar-refractivity contribution in [3.05, 3.63) is 48.2 Å². The van der Waals surface area contributed by atoms with Gasteiger partial charge in [-0.3, -0.25) is 4.68 Å². The molecule has 0 aliphatic carbocycles. The summed E-state index contributed by atoms with van der Waals surface area (Å²) in [5.74, 6) is 0. The second-order valence-electron chi connectivity index (χ2n) is 3.79. The van der Waals surface area contributed by atoms with Gasteiger partial charge in [0.1, 0.15) is 0 Å². The maximum Gasteiger partial charge on any atom is 0.527 e. The number of nitrogens with zero attached hydrogens (tertiary/aromatic N) is 2. The number of aromatic nitrogens is 2. The zero-order valence-electron chi connectivity index (χ0n) is 9.06. The predicted molar refractivity (Wildman–Crippen MR) is 61.1 cm³/mol. The van der Waals surface area contributed by atoms with Crippen molar-refractivity contribution >= 4 is 12.6 Å². The Bertz CT molecular complexity index is 479. The van der Waals surface area contributed by atoms with Gasteiger partial charge in [-0.1, -0.05) is 36.4 Å². The first-order valence-electron chi connectivity index (χ1n) is 5.33. The average Bonchev–Trinajstić information content (AvgIpc) is 2.75. The third-order valence-corrected chi connectivity index (χ3v) is 2.54. The lowest BCUT2D eigenvalue weighted by atomic mass is 9.86. The summed E-state index contributed by atoms with van der Waals surface area (Å²) in [6, 6.07) is 10.4. The molecule has 0 saturated heterocycles. The second-order valence-corrected chi connectivity index (χ2v) is 3.79. The van der Waals surface area contributed by atoms with Gasteiger partial charge in [-0.15, -0.1) is 0 Å². The van der Waals surface area contributed by atoms with E-state index >= 15 is 0 Å². The molecule has 0 amide bonds. The normalized spacial score (nSPS) is 11.7. The number of aryl methyl sites for hydroxylation is 2. The summed E-state index contributed by atoms with van der Waals surface area (Å²) in [6.07, 6.45) is 1.73. The Morgan fingerprint density at radius 1 is 1.06 bits per heavy atom. The van der Waals surface area contributed by atoms with Crippen LogP contribution in [-0.4, -0.2) is 16.8 Å². The minimum Gasteiger partial charge on any atom is -0.444 e. The van der Waals surface area contributed by atoms with E-state index < -0.39 is 12.6 Å². The quantitative estimate of drug-likeness (QED) is 0.747. The van der Waals surface area contributed by atoms with Crippen LogP contribution in [0, 0.1) is 0 Å². The number of hydrogen-bond acceptors (Lipinski definition) is 1. The van der Waals surface area contributed by atoms with Gasteiger partial charge in [-0.05, 0) is 17.6 Å². The summed E-state index contributed by atoms with van der Waals surface area (Å²) in [7, 11) is 0. The first kappa shape index (κ1) is 11.8. The van der Waals surface area contributed by atoms with E-state index in [9.17, 15) is 12.9 Å². The van der Waals surface area contributed by atoms with Crippen molar-refractivity contribution in [2.24, 2.45) is 0 Å². The monoisotopic (exact) mass is 239 g/mol. The number of benzene rings is 1. The fraction of sp³-hybridized carbons (Fsp3) is 0.182. The lowest BCUT2D eigenvalue weighted by Crippen LogP contribution is -2.40. The molecule has 0 bridgehead atoms. The van der Waals surface area contributed by atoms with Crippen molar-refractivity contribution < 1.29 is 12.9 Å². The molecule has 1 aromatic carbocycles. The number of hydrogen-bond donors (Lipinski definition) is 0. The molecular formula is C11H11BF3N2-. The van der Waals surface area contributed by atoms with Crippen LogP contribution in [0.25, 0.3) is 0 Å². The van der Waals surface area contributed by atoms with Gasteiger partial charge in [0.2, 0.25) is 0 Å². The first-order valence-corrected chi connectivity index (χ1v) is 5.33. The third kappa shape index (κ3) is 2.90. The first-order chi connectivity index (χ1) is 8.07. The third-order valence-electron chi connectivity index (χ3n) is 2.54. The maximum absolute atomic E-state index is 12.6. The number of rotatable bonds is 4. The van der Waals surface area contributed by atoms with Crippen molar-refractivity contribution in [1.82, 2.24) is 9.78 Å². The molecule has 0 saturated carbocycles. The summed E-state index contributed by atoms with van der Waals surface area (Å²) in [5.41, 5.74) is 0.365. The van der Waals surface area contributed by atoms with Gasteiger partial charge < -0.3 is 12.9 Å².